The molecule has 0 aliphatic carbocycles. The first-order valence-electron chi connectivity index (χ1n) is 6.51. The molecule has 0 spiro atoms. The fraction of sp³-hybridized carbons (Fsp3) is 0.769. The maximum absolute atomic E-state index is 12.2. The van der Waals surface area contributed by atoms with Crippen molar-refractivity contribution in [3.05, 3.63) is 0 Å². The van der Waals surface area contributed by atoms with Crippen LogP contribution in [-0.2, 0) is 14.4 Å². The Labute approximate surface area is 113 Å². The highest BCUT2D eigenvalue weighted by atomic mass is 16.2. The monoisotopic (exact) mass is 269 g/mol. The molecule has 0 aromatic rings. The molecule has 3 amide bonds. The molecule has 0 radical (unpaired) electrons. The molecular weight excluding hydrogens is 246 g/mol. The number of nitrogens with zero attached hydrogens (tertiary/aromatic N) is 1. The molecule has 0 aromatic heterocycles. The summed E-state index contributed by atoms with van der Waals surface area (Å²) in [6.45, 7) is 5.44. The molecule has 6 nitrogen and oxygen atoms in total. The molecule has 6 heteroatoms. The Morgan fingerprint density at radius 3 is 2.37 bits per heavy atom. The molecule has 3 N–H and O–H groups in total. The minimum Gasteiger partial charge on any atom is -0.368 e. The first kappa shape index (κ1) is 15.5. The molecule has 0 unspecified atom stereocenters. The fourth-order valence-electron chi connectivity index (χ4n) is 2.24. The summed E-state index contributed by atoms with van der Waals surface area (Å²) in [6.07, 6.45) is 1.75. The van der Waals surface area contributed by atoms with Crippen molar-refractivity contribution in [2.24, 2.45) is 11.1 Å². The SMILES string of the molecule is CN(C(=O)C(C)(C)C)[C@@H]1CCC[C@@H](C(N)=O)NC1=O. The van der Waals surface area contributed by atoms with Crippen LogP contribution in [0.5, 0.6) is 0 Å². The van der Waals surface area contributed by atoms with E-state index in [2.05, 4.69) is 5.32 Å². The van der Waals surface area contributed by atoms with Crippen molar-refractivity contribution >= 4 is 17.7 Å². The van der Waals surface area contributed by atoms with E-state index in [0.29, 0.717) is 19.3 Å². The van der Waals surface area contributed by atoms with E-state index in [0.717, 1.165) is 0 Å². The Morgan fingerprint density at radius 1 is 1.32 bits per heavy atom. The van der Waals surface area contributed by atoms with Crippen LogP contribution < -0.4 is 11.1 Å². The number of likely N-dealkylation sites (N-methyl/N-ethyl adjacent to an activating group) is 1. The van der Waals surface area contributed by atoms with E-state index in [1.807, 2.05) is 20.8 Å². The maximum Gasteiger partial charge on any atom is 0.243 e. The summed E-state index contributed by atoms with van der Waals surface area (Å²) in [6, 6.07) is -1.16. The summed E-state index contributed by atoms with van der Waals surface area (Å²) in [7, 11) is 1.63. The van der Waals surface area contributed by atoms with Crippen molar-refractivity contribution in [1.29, 1.82) is 0 Å². The lowest BCUT2D eigenvalue weighted by molar-refractivity contribution is -0.145. The molecule has 19 heavy (non-hydrogen) atoms. The van der Waals surface area contributed by atoms with Crippen molar-refractivity contribution in [3.63, 3.8) is 0 Å². The van der Waals surface area contributed by atoms with E-state index in [1.165, 1.54) is 4.90 Å². The highest BCUT2D eigenvalue weighted by Crippen LogP contribution is 2.21. The first-order valence-corrected chi connectivity index (χ1v) is 6.51. The topological polar surface area (TPSA) is 92.5 Å². The lowest BCUT2D eigenvalue weighted by Gasteiger charge is -2.31. The third-order valence-electron chi connectivity index (χ3n) is 3.36. The third kappa shape index (κ3) is 3.68. The molecule has 108 valence electrons. The second-order valence-corrected chi connectivity index (χ2v) is 6.08. The van der Waals surface area contributed by atoms with Crippen LogP contribution in [-0.4, -0.2) is 41.8 Å². The van der Waals surface area contributed by atoms with Crippen molar-refractivity contribution in [2.45, 2.75) is 52.1 Å². The van der Waals surface area contributed by atoms with Crippen LogP contribution in [0.3, 0.4) is 0 Å². The van der Waals surface area contributed by atoms with Crippen molar-refractivity contribution < 1.29 is 14.4 Å². The number of carbonyl (C=O) groups is 3. The number of hydrogen-bond acceptors (Lipinski definition) is 3. The predicted molar refractivity (Wildman–Crippen MR) is 71.0 cm³/mol. The van der Waals surface area contributed by atoms with Crippen molar-refractivity contribution in [2.75, 3.05) is 7.05 Å². The van der Waals surface area contributed by atoms with Gasteiger partial charge < -0.3 is 16.0 Å². The average Bonchev–Trinajstić information content (AvgIpc) is 2.48. The van der Waals surface area contributed by atoms with E-state index in [-0.39, 0.29) is 11.8 Å². The number of nitrogens with two attached hydrogens (primary N) is 1. The third-order valence-corrected chi connectivity index (χ3v) is 3.36. The van der Waals surface area contributed by atoms with Gasteiger partial charge >= 0.3 is 0 Å². The molecule has 0 bridgehead atoms. The number of rotatable bonds is 2. The fourth-order valence-corrected chi connectivity index (χ4v) is 2.24. The average molecular weight is 269 g/mol. The molecule has 1 rings (SSSR count). The summed E-state index contributed by atoms with van der Waals surface area (Å²) < 4.78 is 0. The Hall–Kier alpha value is -1.59. The molecule has 1 aliphatic rings. The molecular formula is C13H23N3O3. The van der Waals surface area contributed by atoms with Crippen LogP contribution in [0.15, 0.2) is 0 Å². The Kier molecular flexibility index (Phi) is 4.55. The van der Waals surface area contributed by atoms with Crippen LogP contribution in [0.25, 0.3) is 0 Å². The molecule has 0 aromatic carbocycles. The summed E-state index contributed by atoms with van der Waals surface area (Å²) in [5, 5.41) is 2.61. The van der Waals surface area contributed by atoms with Crippen LogP contribution in [0.1, 0.15) is 40.0 Å². The van der Waals surface area contributed by atoms with Crippen molar-refractivity contribution in [3.8, 4) is 0 Å². The van der Waals surface area contributed by atoms with Gasteiger partial charge in [0.25, 0.3) is 0 Å². The van der Waals surface area contributed by atoms with Gasteiger partial charge in [0, 0.05) is 12.5 Å². The zero-order valence-electron chi connectivity index (χ0n) is 12.0. The Bertz CT molecular complexity index is 387. The summed E-state index contributed by atoms with van der Waals surface area (Å²) in [5.41, 5.74) is 4.68. The largest absolute Gasteiger partial charge is 0.368 e. The number of hydrogen-bond donors (Lipinski definition) is 2. The molecule has 1 saturated heterocycles. The van der Waals surface area contributed by atoms with Gasteiger partial charge in [-0.15, -0.1) is 0 Å². The zero-order chi connectivity index (χ0) is 14.8. The van der Waals surface area contributed by atoms with Crippen LogP contribution in [0, 0.1) is 5.41 Å². The highest BCUT2D eigenvalue weighted by molar-refractivity contribution is 5.92. The van der Waals surface area contributed by atoms with Gasteiger partial charge in [0.15, 0.2) is 0 Å². The second-order valence-electron chi connectivity index (χ2n) is 6.08. The normalized spacial score (nSPS) is 24.3. The van der Waals surface area contributed by atoms with Crippen LogP contribution in [0.2, 0.25) is 0 Å². The van der Waals surface area contributed by atoms with E-state index in [4.69, 9.17) is 5.73 Å². The molecule has 0 saturated carbocycles. The molecule has 1 heterocycles. The minimum absolute atomic E-state index is 0.0924. The van der Waals surface area contributed by atoms with Gasteiger partial charge in [-0.25, -0.2) is 0 Å². The minimum atomic E-state index is -0.629. The summed E-state index contributed by atoms with van der Waals surface area (Å²) >= 11 is 0. The second kappa shape index (κ2) is 5.59. The van der Waals surface area contributed by atoms with Gasteiger partial charge in [-0.1, -0.05) is 20.8 Å². The van der Waals surface area contributed by atoms with E-state index in [1.54, 1.807) is 7.05 Å². The van der Waals surface area contributed by atoms with Crippen LogP contribution >= 0.6 is 0 Å². The van der Waals surface area contributed by atoms with E-state index in [9.17, 15) is 14.4 Å². The van der Waals surface area contributed by atoms with E-state index < -0.39 is 23.4 Å². The lowest BCUT2D eigenvalue weighted by atomic mass is 9.93. The van der Waals surface area contributed by atoms with Gasteiger partial charge in [0.05, 0.1) is 0 Å². The quantitative estimate of drug-likeness (QED) is 0.739. The van der Waals surface area contributed by atoms with Gasteiger partial charge in [-0.3, -0.25) is 14.4 Å². The molecule has 2 atom stereocenters. The van der Waals surface area contributed by atoms with Gasteiger partial charge in [-0.05, 0) is 19.3 Å². The Balaban J connectivity index is 2.81. The highest BCUT2D eigenvalue weighted by Gasteiger charge is 2.35. The number of amides is 3. The van der Waals surface area contributed by atoms with Crippen molar-refractivity contribution in [1.82, 2.24) is 10.2 Å². The zero-order valence-corrected chi connectivity index (χ0v) is 12.0. The lowest BCUT2D eigenvalue weighted by Crippen LogP contribution is -2.53. The van der Waals surface area contributed by atoms with Crippen LogP contribution in [0.4, 0.5) is 0 Å². The Morgan fingerprint density at radius 2 is 1.89 bits per heavy atom. The smallest absolute Gasteiger partial charge is 0.243 e. The summed E-state index contributed by atoms with van der Waals surface area (Å²) in [5.74, 6) is -0.926. The van der Waals surface area contributed by atoms with Gasteiger partial charge in [0.2, 0.25) is 17.7 Å². The number of primary amides is 1. The predicted octanol–water partition coefficient (Wildman–Crippen LogP) is 0.0135. The van der Waals surface area contributed by atoms with Gasteiger partial charge in [0.1, 0.15) is 12.1 Å². The van der Waals surface area contributed by atoms with E-state index >= 15 is 0 Å². The molecule has 1 fully saturated rings. The first-order chi connectivity index (χ1) is 8.64. The molecule has 1 aliphatic heterocycles. The van der Waals surface area contributed by atoms with Gasteiger partial charge in [-0.2, -0.15) is 0 Å². The summed E-state index contributed by atoms with van der Waals surface area (Å²) in [4.78, 5) is 36.9. The number of nitrogens with one attached hydrogen (secondary N) is 1. The standard InChI is InChI=1S/C13H23N3O3/c1-13(2,3)12(19)16(4)9-7-5-6-8(10(14)17)15-11(9)18/h8-9H,5-7H2,1-4H3,(H2,14,17)(H,15,18)/t8-,9+/m0/s1. The maximum atomic E-state index is 12.2. The number of carbonyl (C=O) groups excluding carboxylic acids is 3.